The average molecular weight is 213 g/mol. The first kappa shape index (κ1) is 11.3. The Morgan fingerprint density at radius 2 is 2.07 bits per heavy atom. The van der Waals surface area contributed by atoms with Crippen LogP contribution in [0.15, 0.2) is 0 Å². The molecule has 2 aliphatic rings. The van der Waals surface area contributed by atoms with E-state index in [0.29, 0.717) is 6.10 Å². The topological polar surface area (TPSA) is 27.7 Å². The summed E-state index contributed by atoms with van der Waals surface area (Å²) in [7, 11) is 2.20. The summed E-state index contributed by atoms with van der Waals surface area (Å²) in [6.07, 6.45) is 1.55. The number of hydrogen-bond donors (Lipinski definition) is 1. The van der Waals surface area contributed by atoms with Crippen molar-refractivity contribution >= 4 is 0 Å². The van der Waals surface area contributed by atoms with Crippen molar-refractivity contribution in [2.75, 3.05) is 59.5 Å². The van der Waals surface area contributed by atoms with E-state index in [1.54, 1.807) is 0 Å². The number of nitrogens with zero attached hydrogens (tertiary/aromatic N) is 2. The van der Waals surface area contributed by atoms with Gasteiger partial charge >= 0.3 is 0 Å². The minimum Gasteiger partial charge on any atom is -0.376 e. The number of hydrogen-bond acceptors (Lipinski definition) is 4. The number of piperazine rings is 1. The van der Waals surface area contributed by atoms with Crippen LogP contribution in [0.1, 0.15) is 6.42 Å². The van der Waals surface area contributed by atoms with E-state index in [2.05, 4.69) is 22.2 Å². The van der Waals surface area contributed by atoms with Crippen molar-refractivity contribution < 1.29 is 4.74 Å². The van der Waals surface area contributed by atoms with E-state index >= 15 is 0 Å². The monoisotopic (exact) mass is 213 g/mol. The van der Waals surface area contributed by atoms with Gasteiger partial charge in [0.25, 0.3) is 0 Å². The number of rotatable bonds is 2. The van der Waals surface area contributed by atoms with Gasteiger partial charge in [-0.25, -0.2) is 0 Å². The average Bonchev–Trinajstić information content (AvgIpc) is 2.50. The third kappa shape index (κ3) is 3.72. The standard InChI is InChI=1S/C11H23N3O/c1-13-4-6-14(7-5-13)10-11-9-12-3-2-8-15-11/h11-12H,2-10H2,1H3. The molecule has 1 atom stereocenters. The Kier molecular flexibility index (Phi) is 4.38. The van der Waals surface area contributed by atoms with Crippen LogP contribution in [0.4, 0.5) is 0 Å². The SMILES string of the molecule is CN1CCN(CC2CNCCCO2)CC1. The molecule has 0 bridgehead atoms. The molecule has 0 aromatic carbocycles. The maximum absolute atomic E-state index is 5.81. The molecule has 2 aliphatic heterocycles. The zero-order chi connectivity index (χ0) is 10.5. The summed E-state index contributed by atoms with van der Waals surface area (Å²) in [4.78, 5) is 4.92. The Morgan fingerprint density at radius 3 is 2.87 bits per heavy atom. The van der Waals surface area contributed by atoms with E-state index in [4.69, 9.17) is 4.74 Å². The maximum atomic E-state index is 5.81. The lowest BCUT2D eigenvalue weighted by Gasteiger charge is -2.34. The second-order valence-corrected chi connectivity index (χ2v) is 4.65. The summed E-state index contributed by atoms with van der Waals surface area (Å²) in [5.41, 5.74) is 0. The quantitative estimate of drug-likeness (QED) is 0.676. The number of nitrogens with one attached hydrogen (secondary N) is 1. The lowest BCUT2D eigenvalue weighted by atomic mass is 10.2. The van der Waals surface area contributed by atoms with Crippen LogP contribution >= 0.6 is 0 Å². The fourth-order valence-electron chi connectivity index (χ4n) is 2.20. The predicted molar refractivity (Wildman–Crippen MR) is 61.2 cm³/mol. The number of likely N-dealkylation sites (N-methyl/N-ethyl adjacent to an activating group) is 1. The highest BCUT2D eigenvalue weighted by molar-refractivity contribution is 4.75. The number of ether oxygens (including phenoxy) is 1. The Hall–Kier alpha value is -0.160. The van der Waals surface area contributed by atoms with E-state index in [9.17, 15) is 0 Å². The first-order chi connectivity index (χ1) is 7.34. The zero-order valence-corrected chi connectivity index (χ0v) is 9.74. The highest BCUT2D eigenvalue weighted by atomic mass is 16.5. The minimum absolute atomic E-state index is 0.399. The van der Waals surface area contributed by atoms with Crippen molar-refractivity contribution in [2.45, 2.75) is 12.5 Å². The largest absolute Gasteiger partial charge is 0.376 e. The van der Waals surface area contributed by atoms with E-state index in [1.807, 2.05) is 0 Å². The van der Waals surface area contributed by atoms with Gasteiger partial charge in [-0.2, -0.15) is 0 Å². The molecule has 88 valence electrons. The first-order valence-electron chi connectivity index (χ1n) is 6.08. The Balaban J connectivity index is 1.70. The highest BCUT2D eigenvalue weighted by Gasteiger charge is 2.19. The van der Waals surface area contributed by atoms with Gasteiger partial charge < -0.3 is 15.0 Å². The Bertz CT molecular complexity index is 173. The van der Waals surface area contributed by atoms with Crippen molar-refractivity contribution in [3.05, 3.63) is 0 Å². The molecule has 2 saturated heterocycles. The lowest BCUT2D eigenvalue weighted by molar-refractivity contribution is 0.0262. The van der Waals surface area contributed by atoms with E-state index in [0.717, 1.165) is 32.7 Å². The van der Waals surface area contributed by atoms with Crippen molar-refractivity contribution in [1.29, 1.82) is 0 Å². The zero-order valence-electron chi connectivity index (χ0n) is 9.74. The maximum Gasteiger partial charge on any atom is 0.0826 e. The summed E-state index contributed by atoms with van der Waals surface area (Å²) >= 11 is 0. The smallest absolute Gasteiger partial charge is 0.0826 e. The van der Waals surface area contributed by atoms with Crippen molar-refractivity contribution in [3.63, 3.8) is 0 Å². The van der Waals surface area contributed by atoms with Gasteiger partial charge in [-0.15, -0.1) is 0 Å². The molecular formula is C11H23N3O. The van der Waals surface area contributed by atoms with Crippen molar-refractivity contribution in [3.8, 4) is 0 Å². The second kappa shape index (κ2) is 5.80. The van der Waals surface area contributed by atoms with E-state index in [1.165, 1.54) is 26.2 Å². The predicted octanol–water partition coefficient (Wildman–Crippen LogP) is -0.388. The van der Waals surface area contributed by atoms with Gasteiger partial charge in [0.05, 0.1) is 6.10 Å². The molecule has 1 N–H and O–H groups in total. The van der Waals surface area contributed by atoms with Crippen LogP contribution in [0, 0.1) is 0 Å². The minimum atomic E-state index is 0.399. The van der Waals surface area contributed by atoms with Gasteiger partial charge in [-0.3, -0.25) is 4.90 Å². The van der Waals surface area contributed by atoms with Gasteiger partial charge in [-0.05, 0) is 20.0 Å². The molecule has 0 saturated carbocycles. The van der Waals surface area contributed by atoms with Gasteiger partial charge in [-0.1, -0.05) is 0 Å². The second-order valence-electron chi connectivity index (χ2n) is 4.65. The third-order valence-corrected chi connectivity index (χ3v) is 3.28. The van der Waals surface area contributed by atoms with Crippen LogP contribution in [-0.4, -0.2) is 75.4 Å². The molecule has 2 heterocycles. The van der Waals surface area contributed by atoms with Crippen molar-refractivity contribution in [1.82, 2.24) is 15.1 Å². The van der Waals surface area contributed by atoms with Gasteiger partial charge in [0.2, 0.25) is 0 Å². The molecule has 0 amide bonds. The molecule has 4 nitrogen and oxygen atoms in total. The third-order valence-electron chi connectivity index (χ3n) is 3.28. The molecule has 0 aromatic rings. The molecule has 2 fully saturated rings. The summed E-state index contributed by atoms with van der Waals surface area (Å²) in [5, 5.41) is 3.43. The Labute approximate surface area is 92.6 Å². The van der Waals surface area contributed by atoms with E-state index < -0.39 is 0 Å². The van der Waals surface area contributed by atoms with Crippen molar-refractivity contribution in [2.24, 2.45) is 0 Å². The summed E-state index contributed by atoms with van der Waals surface area (Å²) in [6.45, 7) is 8.92. The fraction of sp³-hybridized carbons (Fsp3) is 1.00. The molecule has 1 unspecified atom stereocenters. The fourth-order valence-corrected chi connectivity index (χ4v) is 2.20. The molecule has 0 spiro atoms. The molecule has 0 radical (unpaired) electrons. The normalized spacial score (nSPS) is 31.4. The summed E-state index contributed by atoms with van der Waals surface area (Å²) < 4.78 is 5.81. The molecule has 4 heteroatoms. The summed E-state index contributed by atoms with van der Waals surface area (Å²) in [6, 6.07) is 0. The Morgan fingerprint density at radius 1 is 1.27 bits per heavy atom. The molecule has 0 aliphatic carbocycles. The van der Waals surface area contributed by atoms with Crippen LogP contribution < -0.4 is 5.32 Å². The van der Waals surface area contributed by atoms with Gasteiger partial charge in [0.1, 0.15) is 0 Å². The highest BCUT2D eigenvalue weighted by Crippen LogP contribution is 2.04. The van der Waals surface area contributed by atoms with E-state index in [-0.39, 0.29) is 0 Å². The molecule has 15 heavy (non-hydrogen) atoms. The lowest BCUT2D eigenvalue weighted by Crippen LogP contribution is -2.48. The molecule has 0 aromatic heterocycles. The molecular weight excluding hydrogens is 190 g/mol. The first-order valence-corrected chi connectivity index (χ1v) is 6.08. The molecule has 2 rings (SSSR count). The van der Waals surface area contributed by atoms with Crippen LogP contribution in [0.3, 0.4) is 0 Å². The van der Waals surface area contributed by atoms with Crippen LogP contribution in [-0.2, 0) is 4.74 Å². The summed E-state index contributed by atoms with van der Waals surface area (Å²) in [5.74, 6) is 0. The van der Waals surface area contributed by atoms with Crippen LogP contribution in [0.25, 0.3) is 0 Å². The van der Waals surface area contributed by atoms with Crippen LogP contribution in [0.5, 0.6) is 0 Å². The van der Waals surface area contributed by atoms with Crippen LogP contribution in [0.2, 0.25) is 0 Å². The van der Waals surface area contributed by atoms with Gasteiger partial charge in [0.15, 0.2) is 0 Å². The van der Waals surface area contributed by atoms with Gasteiger partial charge in [0, 0.05) is 45.9 Å².